The number of ether oxygens (including phenoxy) is 2. The Morgan fingerprint density at radius 3 is 2.76 bits per heavy atom. The smallest absolute Gasteiger partial charge is 0.213 e. The van der Waals surface area contributed by atoms with Crippen LogP contribution in [-0.4, -0.2) is 50.8 Å². The second-order valence-electron chi connectivity index (χ2n) is 6.61. The summed E-state index contributed by atoms with van der Waals surface area (Å²) in [7, 11) is 3.34. The van der Waals surface area contributed by atoms with Gasteiger partial charge in [0.05, 0.1) is 32.1 Å². The predicted molar refractivity (Wildman–Crippen MR) is 128 cm³/mol. The molecule has 0 radical (unpaired) electrons. The first kappa shape index (κ1) is 23.1. The van der Waals surface area contributed by atoms with Crippen LogP contribution in [0.1, 0.15) is 19.0 Å². The van der Waals surface area contributed by atoms with Crippen molar-refractivity contribution in [3.05, 3.63) is 48.2 Å². The largest absolute Gasteiger partial charge is 0.495 e. The normalized spacial score (nSPS) is 16.2. The molecule has 29 heavy (non-hydrogen) atoms. The lowest BCUT2D eigenvalue weighted by Gasteiger charge is -2.22. The minimum atomic E-state index is 0. The Morgan fingerprint density at radius 1 is 1.17 bits per heavy atom. The molecule has 1 aliphatic rings. The quantitative estimate of drug-likeness (QED) is 0.339. The highest BCUT2D eigenvalue weighted by atomic mass is 127. The van der Waals surface area contributed by atoms with Crippen LogP contribution in [0.4, 0.5) is 5.69 Å². The number of anilines is 1. The Hall–Kier alpha value is -2.23. The fourth-order valence-electron chi connectivity index (χ4n) is 3.32. The predicted octanol–water partition coefficient (Wildman–Crippen LogP) is 3.05. The monoisotopic (exact) mass is 511 g/mol. The van der Waals surface area contributed by atoms with Crippen molar-refractivity contribution in [1.82, 2.24) is 15.6 Å². The summed E-state index contributed by atoms with van der Waals surface area (Å²) in [6, 6.07) is 14.2. The molecule has 1 aromatic heterocycles. The third kappa shape index (κ3) is 6.38. The van der Waals surface area contributed by atoms with Gasteiger partial charge in [0.1, 0.15) is 5.75 Å². The summed E-state index contributed by atoms with van der Waals surface area (Å²) in [5.41, 5.74) is 2.01. The molecule has 1 fully saturated rings. The average Bonchev–Trinajstić information content (AvgIpc) is 3.20. The van der Waals surface area contributed by atoms with Gasteiger partial charge in [-0.15, -0.1) is 24.0 Å². The summed E-state index contributed by atoms with van der Waals surface area (Å²) in [6.45, 7) is 5.25. The van der Waals surface area contributed by atoms with Crippen LogP contribution in [0.2, 0.25) is 0 Å². The zero-order valence-corrected chi connectivity index (χ0v) is 19.6. The van der Waals surface area contributed by atoms with E-state index in [-0.39, 0.29) is 24.0 Å². The van der Waals surface area contributed by atoms with Gasteiger partial charge in [-0.3, -0.25) is 0 Å². The molecular formula is C21H30IN5O2. The van der Waals surface area contributed by atoms with Gasteiger partial charge in [0.25, 0.3) is 0 Å². The van der Waals surface area contributed by atoms with Crippen LogP contribution in [0.5, 0.6) is 11.6 Å². The van der Waals surface area contributed by atoms with Crippen LogP contribution in [0.25, 0.3) is 0 Å². The van der Waals surface area contributed by atoms with Crippen molar-refractivity contribution in [3.63, 3.8) is 0 Å². The van der Waals surface area contributed by atoms with E-state index in [4.69, 9.17) is 9.47 Å². The first-order chi connectivity index (χ1) is 13.7. The Bertz CT molecular complexity index is 802. The third-order valence-electron chi connectivity index (χ3n) is 4.69. The van der Waals surface area contributed by atoms with E-state index in [0.717, 1.165) is 49.1 Å². The number of pyridine rings is 1. The number of aliphatic imine (C=N–C) groups is 1. The number of methoxy groups -OCH3 is 2. The second-order valence-corrected chi connectivity index (χ2v) is 6.61. The summed E-state index contributed by atoms with van der Waals surface area (Å²) in [5.74, 6) is 2.32. The number of nitrogens with zero attached hydrogens (tertiary/aromatic N) is 3. The molecule has 0 amide bonds. The number of para-hydroxylation sites is 2. The number of aromatic nitrogens is 1. The van der Waals surface area contributed by atoms with E-state index in [1.54, 1.807) is 14.2 Å². The van der Waals surface area contributed by atoms with Gasteiger partial charge < -0.3 is 25.0 Å². The lowest BCUT2D eigenvalue weighted by molar-refractivity contribution is 0.396. The van der Waals surface area contributed by atoms with Crippen molar-refractivity contribution in [3.8, 4) is 11.6 Å². The van der Waals surface area contributed by atoms with Gasteiger partial charge >= 0.3 is 0 Å². The van der Waals surface area contributed by atoms with E-state index >= 15 is 0 Å². The van der Waals surface area contributed by atoms with Crippen molar-refractivity contribution >= 4 is 35.6 Å². The molecule has 0 spiro atoms. The molecule has 7 nitrogen and oxygen atoms in total. The van der Waals surface area contributed by atoms with E-state index in [1.807, 2.05) is 36.4 Å². The summed E-state index contributed by atoms with van der Waals surface area (Å²) in [4.78, 5) is 11.5. The van der Waals surface area contributed by atoms with Crippen LogP contribution in [0.15, 0.2) is 47.5 Å². The van der Waals surface area contributed by atoms with Crippen molar-refractivity contribution < 1.29 is 9.47 Å². The summed E-state index contributed by atoms with van der Waals surface area (Å²) in [5, 5.41) is 6.87. The second kappa shape index (κ2) is 11.7. The number of nitrogens with one attached hydrogen (secondary N) is 2. The third-order valence-corrected chi connectivity index (χ3v) is 4.69. The lowest BCUT2D eigenvalue weighted by atomic mass is 10.2. The first-order valence-corrected chi connectivity index (χ1v) is 9.66. The van der Waals surface area contributed by atoms with Crippen molar-refractivity contribution in [1.29, 1.82) is 0 Å². The topological polar surface area (TPSA) is 71.0 Å². The molecule has 2 heterocycles. The van der Waals surface area contributed by atoms with E-state index in [1.165, 1.54) is 0 Å². The number of rotatable bonds is 7. The summed E-state index contributed by atoms with van der Waals surface area (Å²) in [6.07, 6.45) is 1.04. The van der Waals surface area contributed by atoms with E-state index < -0.39 is 0 Å². The van der Waals surface area contributed by atoms with Gasteiger partial charge in [-0.05, 0) is 31.5 Å². The molecule has 0 aliphatic carbocycles. The van der Waals surface area contributed by atoms with Crippen LogP contribution < -0.4 is 25.0 Å². The van der Waals surface area contributed by atoms with Crippen molar-refractivity contribution in [2.45, 2.75) is 25.9 Å². The highest BCUT2D eigenvalue weighted by Crippen LogP contribution is 2.30. The lowest BCUT2D eigenvalue weighted by Crippen LogP contribution is -2.44. The highest BCUT2D eigenvalue weighted by Gasteiger charge is 2.25. The van der Waals surface area contributed by atoms with Gasteiger partial charge in [0, 0.05) is 31.7 Å². The fraction of sp³-hybridized carbons (Fsp3) is 0.429. The molecule has 158 valence electrons. The molecule has 0 bridgehead atoms. The van der Waals surface area contributed by atoms with Crippen LogP contribution >= 0.6 is 24.0 Å². The van der Waals surface area contributed by atoms with Crippen LogP contribution in [0.3, 0.4) is 0 Å². The van der Waals surface area contributed by atoms with Gasteiger partial charge in [0.2, 0.25) is 5.88 Å². The molecule has 1 unspecified atom stereocenters. The van der Waals surface area contributed by atoms with E-state index in [9.17, 15) is 0 Å². The van der Waals surface area contributed by atoms with Gasteiger partial charge in [-0.1, -0.05) is 18.2 Å². The summed E-state index contributed by atoms with van der Waals surface area (Å²) >= 11 is 0. The highest BCUT2D eigenvalue weighted by molar-refractivity contribution is 14.0. The van der Waals surface area contributed by atoms with Gasteiger partial charge in [-0.25, -0.2) is 9.98 Å². The standard InChI is InChI=1S/C21H29N5O2.HI/c1-4-22-21(23-14-16-8-7-11-20(24-16)28-3)25-17-12-13-26(15-17)18-9-5-6-10-19(18)27-2;/h5-11,17H,4,12-15H2,1-3H3,(H2,22,23,25);1H. The Labute approximate surface area is 189 Å². The molecule has 1 atom stereocenters. The minimum Gasteiger partial charge on any atom is -0.495 e. The SMILES string of the molecule is CCNC(=NCc1cccc(OC)n1)NC1CCN(c2ccccc2OC)C1.I. The summed E-state index contributed by atoms with van der Waals surface area (Å²) < 4.78 is 10.7. The minimum absolute atomic E-state index is 0. The molecule has 1 aromatic carbocycles. The van der Waals surface area contributed by atoms with Crippen LogP contribution in [-0.2, 0) is 6.54 Å². The molecule has 1 saturated heterocycles. The molecule has 1 aliphatic heterocycles. The Balaban J connectivity index is 0.00000300. The zero-order valence-electron chi connectivity index (χ0n) is 17.2. The maximum Gasteiger partial charge on any atom is 0.213 e. The van der Waals surface area contributed by atoms with E-state index in [2.05, 4.69) is 38.5 Å². The maximum atomic E-state index is 5.50. The van der Waals surface area contributed by atoms with Crippen LogP contribution in [0, 0.1) is 0 Å². The number of hydrogen-bond acceptors (Lipinski definition) is 5. The van der Waals surface area contributed by atoms with Crippen molar-refractivity contribution in [2.75, 3.05) is 38.8 Å². The maximum absolute atomic E-state index is 5.50. The molecular weight excluding hydrogens is 481 g/mol. The number of benzene rings is 1. The zero-order chi connectivity index (χ0) is 19.8. The molecule has 0 saturated carbocycles. The number of guanidine groups is 1. The molecule has 3 rings (SSSR count). The van der Waals surface area contributed by atoms with E-state index in [0.29, 0.717) is 18.5 Å². The first-order valence-electron chi connectivity index (χ1n) is 9.66. The molecule has 2 N–H and O–H groups in total. The Morgan fingerprint density at radius 2 is 2.00 bits per heavy atom. The van der Waals surface area contributed by atoms with Gasteiger partial charge in [0.15, 0.2) is 5.96 Å². The average molecular weight is 511 g/mol. The number of hydrogen-bond donors (Lipinski definition) is 2. The number of halogens is 1. The fourth-order valence-corrected chi connectivity index (χ4v) is 3.32. The van der Waals surface area contributed by atoms with Crippen molar-refractivity contribution in [2.24, 2.45) is 4.99 Å². The molecule has 8 heteroatoms. The molecule has 2 aromatic rings. The Kier molecular flexibility index (Phi) is 9.30. The van der Waals surface area contributed by atoms with Gasteiger partial charge in [-0.2, -0.15) is 0 Å².